The molecule has 2 aliphatic rings. The minimum atomic E-state index is 0.741. The molecule has 0 bridgehead atoms. The molecule has 2 fully saturated rings. The minimum Gasteiger partial charge on any atom is -0.316 e. The fourth-order valence-corrected chi connectivity index (χ4v) is 3.33. The minimum absolute atomic E-state index is 0.741. The van der Waals surface area contributed by atoms with Crippen LogP contribution in [0.5, 0.6) is 0 Å². The Morgan fingerprint density at radius 3 is 2.55 bits per heavy atom. The van der Waals surface area contributed by atoms with E-state index in [1.807, 2.05) is 13.8 Å². The lowest BCUT2D eigenvalue weighted by Gasteiger charge is -2.18. The first kappa shape index (κ1) is 9.40. The van der Waals surface area contributed by atoms with Gasteiger partial charge in [0.1, 0.15) is 0 Å². The fourth-order valence-electron chi connectivity index (χ4n) is 1.78. The van der Waals surface area contributed by atoms with Gasteiger partial charge in [0, 0.05) is 12.3 Å². The van der Waals surface area contributed by atoms with Crippen LogP contribution in [0.25, 0.3) is 0 Å². The predicted molar refractivity (Wildman–Crippen MR) is 53.2 cm³/mol. The topological polar surface area (TPSA) is 12.0 Å². The van der Waals surface area contributed by atoms with Gasteiger partial charge in [0.25, 0.3) is 0 Å². The molecule has 1 N–H and O–H groups in total. The second-order valence-electron chi connectivity index (χ2n) is 3.23. The maximum Gasteiger partial charge on any atom is 0.00165 e. The molecule has 2 saturated heterocycles. The molecule has 1 nitrogen and oxygen atoms in total. The molecule has 0 aromatic heterocycles. The predicted octanol–water partition coefficient (Wildman–Crippen LogP) is 2.13. The molecule has 2 rings (SSSR count). The third-order valence-electron chi connectivity index (χ3n) is 2.52. The quantitative estimate of drug-likeness (QED) is 0.602. The Morgan fingerprint density at radius 1 is 1.27 bits per heavy atom. The van der Waals surface area contributed by atoms with Crippen molar-refractivity contribution in [2.75, 3.05) is 24.6 Å². The average molecular weight is 173 g/mol. The zero-order chi connectivity index (χ0) is 8.16. The summed E-state index contributed by atoms with van der Waals surface area (Å²) < 4.78 is 0. The molecule has 0 aromatic rings. The van der Waals surface area contributed by atoms with Crippen molar-refractivity contribution in [3.63, 3.8) is 0 Å². The average Bonchev–Trinajstić information content (AvgIpc) is 2.69. The van der Waals surface area contributed by atoms with E-state index in [1.165, 1.54) is 37.4 Å². The smallest absolute Gasteiger partial charge is 0.00165 e. The summed E-state index contributed by atoms with van der Waals surface area (Å²) in [6, 6.07) is 0. The zero-order valence-corrected chi connectivity index (χ0v) is 8.47. The van der Waals surface area contributed by atoms with E-state index in [0.717, 1.165) is 5.41 Å². The van der Waals surface area contributed by atoms with E-state index in [9.17, 15) is 0 Å². The maximum atomic E-state index is 3.44. The summed E-state index contributed by atoms with van der Waals surface area (Å²) in [6.07, 6.45) is 2.89. The van der Waals surface area contributed by atoms with Gasteiger partial charge in [-0.3, -0.25) is 0 Å². The van der Waals surface area contributed by atoms with Gasteiger partial charge in [-0.15, -0.1) is 0 Å². The summed E-state index contributed by atoms with van der Waals surface area (Å²) in [5.74, 6) is 2.82. The summed E-state index contributed by atoms with van der Waals surface area (Å²) in [5, 5.41) is 3.44. The Kier molecular flexibility index (Phi) is 3.73. The van der Waals surface area contributed by atoms with Crippen LogP contribution in [0.15, 0.2) is 0 Å². The van der Waals surface area contributed by atoms with Crippen LogP contribution < -0.4 is 5.32 Å². The zero-order valence-electron chi connectivity index (χ0n) is 7.65. The highest BCUT2D eigenvalue weighted by Crippen LogP contribution is 2.40. The lowest BCUT2D eigenvalue weighted by atomic mass is 9.87. The Bertz CT molecular complexity index is 84.6. The van der Waals surface area contributed by atoms with E-state index in [2.05, 4.69) is 17.1 Å². The Balaban J connectivity index is 0.000000281. The van der Waals surface area contributed by atoms with Gasteiger partial charge >= 0.3 is 0 Å². The molecular weight excluding hydrogens is 154 g/mol. The van der Waals surface area contributed by atoms with E-state index in [4.69, 9.17) is 0 Å². The van der Waals surface area contributed by atoms with Gasteiger partial charge in [0.2, 0.25) is 0 Å². The van der Waals surface area contributed by atoms with Crippen molar-refractivity contribution in [1.82, 2.24) is 5.32 Å². The van der Waals surface area contributed by atoms with Gasteiger partial charge in [-0.25, -0.2) is 0 Å². The fraction of sp³-hybridized carbons (Fsp3) is 1.00. The standard InChI is InChI=1S/C7H13NS.C2H6/c1-3-8-5-7(1)2-4-9-6-7;1-2/h8H,1-6H2;1-2H3. The summed E-state index contributed by atoms with van der Waals surface area (Å²) in [5.41, 5.74) is 0.741. The molecule has 1 spiro atoms. The Morgan fingerprint density at radius 2 is 2.09 bits per heavy atom. The van der Waals surface area contributed by atoms with Crippen molar-refractivity contribution in [3.05, 3.63) is 0 Å². The van der Waals surface area contributed by atoms with Gasteiger partial charge in [-0.05, 0) is 30.6 Å². The second kappa shape index (κ2) is 4.36. The molecule has 1 unspecified atom stereocenters. The molecular formula is C9H19NS. The molecule has 0 radical (unpaired) electrons. The van der Waals surface area contributed by atoms with E-state index < -0.39 is 0 Å². The molecule has 0 amide bonds. The summed E-state index contributed by atoms with van der Waals surface area (Å²) in [6.45, 7) is 6.56. The van der Waals surface area contributed by atoms with Gasteiger partial charge in [0.05, 0.1) is 0 Å². The first-order valence-corrected chi connectivity index (χ1v) is 5.85. The monoisotopic (exact) mass is 173 g/mol. The van der Waals surface area contributed by atoms with Crippen LogP contribution in [-0.4, -0.2) is 24.6 Å². The van der Waals surface area contributed by atoms with Crippen molar-refractivity contribution >= 4 is 11.8 Å². The van der Waals surface area contributed by atoms with Crippen LogP contribution in [-0.2, 0) is 0 Å². The van der Waals surface area contributed by atoms with Gasteiger partial charge in [0.15, 0.2) is 0 Å². The second-order valence-corrected chi connectivity index (χ2v) is 4.33. The highest BCUT2D eigenvalue weighted by atomic mass is 32.2. The largest absolute Gasteiger partial charge is 0.316 e. The number of hydrogen-bond acceptors (Lipinski definition) is 2. The third kappa shape index (κ3) is 2.12. The normalized spacial score (nSPS) is 35.5. The van der Waals surface area contributed by atoms with Crippen LogP contribution in [0.3, 0.4) is 0 Å². The molecule has 2 aliphatic heterocycles. The molecule has 1 atom stereocenters. The number of rotatable bonds is 0. The van der Waals surface area contributed by atoms with Crippen LogP contribution >= 0.6 is 11.8 Å². The Hall–Kier alpha value is 0.310. The molecule has 2 heterocycles. The van der Waals surface area contributed by atoms with Gasteiger partial charge < -0.3 is 5.32 Å². The summed E-state index contributed by atoms with van der Waals surface area (Å²) in [7, 11) is 0. The van der Waals surface area contributed by atoms with Gasteiger partial charge in [-0.2, -0.15) is 11.8 Å². The van der Waals surface area contributed by atoms with Crippen molar-refractivity contribution in [2.24, 2.45) is 5.41 Å². The lowest BCUT2D eigenvalue weighted by molar-refractivity contribution is 0.379. The maximum absolute atomic E-state index is 3.44. The van der Waals surface area contributed by atoms with E-state index in [-0.39, 0.29) is 0 Å². The number of hydrogen-bond donors (Lipinski definition) is 1. The lowest BCUT2D eigenvalue weighted by Crippen LogP contribution is -2.22. The Labute approximate surface area is 74.3 Å². The molecule has 66 valence electrons. The van der Waals surface area contributed by atoms with Crippen molar-refractivity contribution in [2.45, 2.75) is 26.7 Å². The first-order chi connectivity index (χ1) is 5.41. The number of nitrogens with one attached hydrogen (secondary N) is 1. The van der Waals surface area contributed by atoms with E-state index >= 15 is 0 Å². The van der Waals surface area contributed by atoms with Gasteiger partial charge in [-0.1, -0.05) is 13.8 Å². The van der Waals surface area contributed by atoms with E-state index in [1.54, 1.807) is 0 Å². The van der Waals surface area contributed by atoms with Crippen LogP contribution in [0, 0.1) is 5.41 Å². The van der Waals surface area contributed by atoms with Crippen molar-refractivity contribution < 1.29 is 0 Å². The van der Waals surface area contributed by atoms with Crippen molar-refractivity contribution in [1.29, 1.82) is 0 Å². The molecule has 2 heteroatoms. The van der Waals surface area contributed by atoms with Crippen LogP contribution in [0.2, 0.25) is 0 Å². The molecule has 0 saturated carbocycles. The molecule has 0 aromatic carbocycles. The molecule has 11 heavy (non-hydrogen) atoms. The third-order valence-corrected chi connectivity index (χ3v) is 3.83. The number of thioether (sulfide) groups is 1. The van der Waals surface area contributed by atoms with E-state index in [0.29, 0.717) is 0 Å². The SMILES string of the molecule is C1CC2(CCSC2)CN1.CC. The van der Waals surface area contributed by atoms with Crippen molar-refractivity contribution in [3.8, 4) is 0 Å². The molecule has 0 aliphatic carbocycles. The summed E-state index contributed by atoms with van der Waals surface area (Å²) in [4.78, 5) is 0. The van der Waals surface area contributed by atoms with Crippen LogP contribution in [0.4, 0.5) is 0 Å². The van der Waals surface area contributed by atoms with Crippen LogP contribution in [0.1, 0.15) is 26.7 Å². The highest BCUT2D eigenvalue weighted by Gasteiger charge is 2.36. The highest BCUT2D eigenvalue weighted by molar-refractivity contribution is 7.99. The summed E-state index contributed by atoms with van der Waals surface area (Å²) >= 11 is 2.13. The first-order valence-electron chi connectivity index (χ1n) is 4.70.